The van der Waals surface area contributed by atoms with Crippen molar-refractivity contribution in [3.63, 3.8) is 0 Å². The van der Waals surface area contributed by atoms with Crippen LogP contribution in [0.1, 0.15) is 24.0 Å². The fourth-order valence-electron chi connectivity index (χ4n) is 3.94. The number of piperidine rings is 1. The van der Waals surface area contributed by atoms with Crippen LogP contribution >= 0.6 is 0 Å². The summed E-state index contributed by atoms with van der Waals surface area (Å²) in [6.45, 7) is 4.07. The lowest BCUT2D eigenvalue weighted by molar-refractivity contribution is -0.0479. The van der Waals surface area contributed by atoms with E-state index >= 15 is 0 Å². The van der Waals surface area contributed by atoms with Crippen molar-refractivity contribution in [1.29, 1.82) is 0 Å². The number of β-amino-alcohol motifs (C(OH)–C–C–N with tert-alkyl or cyclic N) is 1. The zero-order chi connectivity index (χ0) is 19.1. The fourth-order valence-corrected chi connectivity index (χ4v) is 3.94. The van der Waals surface area contributed by atoms with Crippen LogP contribution in [0.5, 0.6) is 5.75 Å². The molecule has 1 fully saturated rings. The molecule has 146 valence electrons. The molecule has 0 aromatic heterocycles. The van der Waals surface area contributed by atoms with Crippen LogP contribution in [0.4, 0.5) is 0 Å². The highest BCUT2D eigenvalue weighted by Crippen LogP contribution is 2.24. The molecular formula is C23H32N2O2. The lowest BCUT2D eigenvalue weighted by atomic mass is 9.92. The highest BCUT2D eigenvalue weighted by atomic mass is 16.5. The van der Waals surface area contributed by atoms with Gasteiger partial charge >= 0.3 is 0 Å². The summed E-state index contributed by atoms with van der Waals surface area (Å²) >= 11 is 0. The van der Waals surface area contributed by atoms with Gasteiger partial charge < -0.3 is 14.7 Å². The maximum Gasteiger partial charge on any atom is 0.119 e. The number of ether oxygens (including phenoxy) is 1. The molecule has 27 heavy (non-hydrogen) atoms. The molecule has 1 heterocycles. The third-order valence-electron chi connectivity index (χ3n) is 5.08. The van der Waals surface area contributed by atoms with E-state index in [1.807, 2.05) is 20.2 Å². The smallest absolute Gasteiger partial charge is 0.119 e. The Bertz CT molecular complexity index is 687. The molecule has 1 saturated heterocycles. The van der Waals surface area contributed by atoms with Crippen molar-refractivity contribution >= 4 is 0 Å². The van der Waals surface area contributed by atoms with Crippen molar-refractivity contribution in [3.05, 3.63) is 65.7 Å². The van der Waals surface area contributed by atoms with E-state index in [4.69, 9.17) is 4.74 Å². The van der Waals surface area contributed by atoms with Crippen LogP contribution in [0.3, 0.4) is 0 Å². The van der Waals surface area contributed by atoms with Crippen molar-refractivity contribution in [3.8, 4) is 5.75 Å². The van der Waals surface area contributed by atoms with Crippen LogP contribution in [0.2, 0.25) is 0 Å². The predicted molar refractivity (Wildman–Crippen MR) is 110 cm³/mol. The number of benzene rings is 2. The molecule has 1 atom stereocenters. The van der Waals surface area contributed by atoms with Gasteiger partial charge in [0.1, 0.15) is 5.75 Å². The molecule has 1 aliphatic rings. The van der Waals surface area contributed by atoms with Gasteiger partial charge in [-0.15, -0.1) is 0 Å². The number of hydrogen-bond acceptors (Lipinski definition) is 4. The van der Waals surface area contributed by atoms with Gasteiger partial charge in [-0.2, -0.15) is 0 Å². The third-order valence-corrected chi connectivity index (χ3v) is 5.08. The summed E-state index contributed by atoms with van der Waals surface area (Å²) in [5.74, 6) is 0.914. The molecule has 3 rings (SSSR count). The van der Waals surface area contributed by atoms with Gasteiger partial charge in [0, 0.05) is 26.1 Å². The summed E-state index contributed by atoms with van der Waals surface area (Å²) in [6, 6.07) is 18.8. The molecule has 0 radical (unpaired) electrons. The van der Waals surface area contributed by atoms with Gasteiger partial charge in [-0.25, -0.2) is 0 Å². The molecule has 0 spiro atoms. The van der Waals surface area contributed by atoms with Gasteiger partial charge in [-0.05, 0) is 56.7 Å². The van der Waals surface area contributed by atoms with E-state index in [0.717, 1.165) is 51.2 Å². The second kappa shape index (κ2) is 9.36. The number of rotatable bonds is 8. The second-order valence-electron chi connectivity index (χ2n) is 8.00. The van der Waals surface area contributed by atoms with Gasteiger partial charge in [0.15, 0.2) is 0 Å². The first-order valence-electron chi connectivity index (χ1n) is 9.88. The van der Waals surface area contributed by atoms with Crippen molar-refractivity contribution in [1.82, 2.24) is 9.80 Å². The van der Waals surface area contributed by atoms with Gasteiger partial charge in [0.2, 0.25) is 0 Å². The monoisotopic (exact) mass is 368 g/mol. The standard InChI is InChI=1S/C23H32N2O2/c1-24(2)18-23(26)14-6-15-25(19-23)17-21-9-11-22(12-10-21)27-16-13-20-7-4-3-5-8-20/h3-5,7-12,26H,6,13-19H2,1-2H3. The predicted octanol–water partition coefficient (Wildman–Crippen LogP) is 3.20. The lowest BCUT2D eigenvalue weighted by Crippen LogP contribution is -2.52. The average molecular weight is 369 g/mol. The maximum absolute atomic E-state index is 10.8. The Kier molecular flexibility index (Phi) is 6.89. The first-order valence-corrected chi connectivity index (χ1v) is 9.88. The van der Waals surface area contributed by atoms with Crippen molar-refractivity contribution < 1.29 is 9.84 Å². The second-order valence-corrected chi connectivity index (χ2v) is 8.00. The van der Waals surface area contributed by atoms with E-state index < -0.39 is 5.60 Å². The zero-order valence-corrected chi connectivity index (χ0v) is 16.6. The van der Waals surface area contributed by atoms with E-state index in [9.17, 15) is 5.11 Å². The van der Waals surface area contributed by atoms with Crippen molar-refractivity contribution in [2.45, 2.75) is 31.4 Å². The van der Waals surface area contributed by atoms with Crippen molar-refractivity contribution in [2.75, 3.05) is 40.3 Å². The Balaban J connectivity index is 1.47. The zero-order valence-electron chi connectivity index (χ0n) is 16.6. The quantitative estimate of drug-likeness (QED) is 0.776. The summed E-state index contributed by atoms with van der Waals surface area (Å²) in [6.07, 6.45) is 2.85. The highest BCUT2D eigenvalue weighted by molar-refractivity contribution is 5.27. The molecule has 0 amide bonds. The number of likely N-dealkylation sites (N-methyl/N-ethyl adjacent to an activating group) is 1. The SMILES string of the molecule is CN(C)CC1(O)CCCN(Cc2ccc(OCCc3ccccc3)cc2)C1. The molecule has 1 N–H and O–H groups in total. The summed E-state index contributed by atoms with van der Waals surface area (Å²) in [5, 5.41) is 10.8. The van der Waals surface area contributed by atoms with Crippen LogP contribution in [0.15, 0.2) is 54.6 Å². The molecular weight excluding hydrogens is 336 g/mol. The van der Waals surface area contributed by atoms with Crippen LogP contribution in [0, 0.1) is 0 Å². The van der Waals surface area contributed by atoms with Crippen LogP contribution in [-0.2, 0) is 13.0 Å². The average Bonchev–Trinajstić information content (AvgIpc) is 2.63. The van der Waals surface area contributed by atoms with Crippen LogP contribution in [-0.4, -0.2) is 60.8 Å². The van der Waals surface area contributed by atoms with E-state index in [2.05, 4.69) is 58.3 Å². The van der Waals surface area contributed by atoms with Crippen LogP contribution < -0.4 is 4.74 Å². The minimum atomic E-state index is -0.595. The molecule has 2 aromatic rings. The normalized spacial score (nSPS) is 20.7. The largest absolute Gasteiger partial charge is 0.493 e. The minimum Gasteiger partial charge on any atom is -0.493 e. The summed E-state index contributed by atoms with van der Waals surface area (Å²) < 4.78 is 5.87. The maximum atomic E-state index is 10.8. The Morgan fingerprint density at radius 3 is 2.48 bits per heavy atom. The molecule has 0 saturated carbocycles. The topological polar surface area (TPSA) is 35.9 Å². The number of nitrogens with zero attached hydrogens (tertiary/aromatic N) is 2. The molecule has 1 aliphatic heterocycles. The fraction of sp³-hybridized carbons (Fsp3) is 0.478. The Morgan fingerprint density at radius 1 is 1.04 bits per heavy atom. The van der Waals surface area contributed by atoms with Gasteiger partial charge in [-0.3, -0.25) is 4.90 Å². The number of likely N-dealkylation sites (tertiary alicyclic amines) is 1. The highest BCUT2D eigenvalue weighted by Gasteiger charge is 2.33. The molecule has 0 aliphatic carbocycles. The van der Waals surface area contributed by atoms with Gasteiger partial charge in [0.05, 0.1) is 12.2 Å². The first-order chi connectivity index (χ1) is 13.0. The van der Waals surface area contributed by atoms with Gasteiger partial charge in [-0.1, -0.05) is 42.5 Å². The van der Waals surface area contributed by atoms with Crippen molar-refractivity contribution in [2.24, 2.45) is 0 Å². The molecule has 1 unspecified atom stereocenters. The summed E-state index contributed by atoms with van der Waals surface area (Å²) in [4.78, 5) is 4.43. The van der Waals surface area contributed by atoms with E-state index in [-0.39, 0.29) is 0 Å². The summed E-state index contributed by atoms with van der Waals surface area (Å²) in [5.41, 5.74) is 1.96. The lowest BCUT2D eigenvalue weighted by Gasteiger charge is -2.40. The Hall–Kier alpha value is -1.88. The molecule has 2 aromatic carbocycles. The Labute approximate surface area is 163 Å². The van der Waals surface area contributed by atoms with Gasteiger partial charge in [0.25, 0.3) is 0 Å². The number of hydrogen-bond donors (Lipinski definition) is 1. The first kappa shape index (κ1) is 19.9. The van der Waals surface area contributed by atoms with E-state index in [1.165, 1.54) is 11.1 Å². The molecule has 4 nitrogen and oxygen atoms in total. The summed E-state index contributed by atoms with van der Waals surface area (Å²) in [7, 11) is 4.04. The third kappa shape index (κ3) is 6.35. The molecule has 0 bridgehead atoms. The molecule has 4 heteroatoms. The number of aliphatic hydroxyl groups is 1. The van der Waals surface area contributed by atoms with Crippen LogP contribution in [0.25, 0.3) is 0 Å². The van der Waals surface area contributed by atoms with E-state index in [0.29, 0.717) is 6.61 Å². The van der Waals surface area contributed by atoms with E-state index in [1.54, 1.807) is 0 Å². The Morgan fingerprint density at radius 2 is 1.78 bits per heavy atom. The minimum absolute atomic E-state index is 0.595.